The van der Waals surface area contributed by atoms with Crippen LogP contribution in [0.4, 0.5) is 5.69 Å². The number of hydrogen-bond acceptors (Lipinski definition) is 3. The zero-order chi connectivity index (χ0) is 20.8. The number of ether oxygens (including phenoxy) is 1. The number of nitrogens with zero attached hydrogens (tertiary/aromatic N) is 1. The van der Waals surface area contributed by atoms with E-state index in [1.165, 1.54) is 26.2 Å². The maximum atomic E-state index is 13.0. The number of amides is 2. The Kier molecular flexibility index (Phi) is 6.91. The second kappa shape index (κ2) is 9.59. The summed E-state index contributed by atoms with van der Waals surface area (Å²) < 4.78 is 5.80. The third-order valence-corrected chi connectivity index (χ3v) is 5.18. The number of anilines is 1. The van der Waals surface area contributed by atoms with Gasteiger partial charge in [0.15, 0.2) is 0 Å². The van der Waals surface area contributed by atoms with Crippen molar-refractivity contribution in [1.29, 1.82) is 0 Å². The number of carbonyl (C=O) groups excluding carboxylic acids is 2. The first-order valence-corrected chi connectivity index (χ1v) is 10.4. The molecule has 0 spiro atoms. The van der Waals surface area contributed by atoms with E-state index in [1.807, 2.05) is 49.4 Å². The first-order chi connectivity index (χ1) is 14.0. The van der Waals surface area contributed by atoms with Crippen LogP contribution in [-0.4, -0.2) is 18.4 Å². The van der Waals surface area contributed by atoms with Gasteiger partial charge in [-0.15, -0.1) is 0 Å². The van der Waals surface area contributed by atoms with Crippen molar-refractivity contribution < 1.29 is 14.3 Å². The van der Waals surface area contributed by atoms with Gasteiger partial charge in [-0.05, 0) is 37.1 Å². The number of nitrogens with one attached hydrogen (secondary N) is 1. The molecular weight excluding hydrogens is 364 g/mol. The lowest BCUT2D eigenvalue weighted by Gasteiger charge is -2.18. The summed E-state index contributed by atoms with van der Waals surface area (Å²) in [6, 6.07) is 13.2. The van der Waals surface area contributed by atoms with Gasteiger partial charge in [0.25, 0.3) is 5.91 Å². The third kappa shape index (κ3) is 5.17. The zero-order valence-corrected chi connectivity index (χ0v) is 17.5. The summed E-state index contributed by atoms with van der Waals surface area (Å²) in [5.74, 6) is 0.542. The molecule has 1 aliphatic heterocycles. The molecule has 0 saturated carbocycles. The van der Waals surface area contributed by atoms with E-state index in [9.17, 15) is 9.59 Å². The van der Waals surface area contributed by atoms with Gasteiger partial charge in [-0.2, -0.15) is 0 Å². The fourth-order valence-corrected chi connectivity index (χ4v) is 3.66. The topological polar surface area (TPSA) is 58.6 Å². The van der Waals surface area contributed by atoms with Gasteiger partial charge in [0.1, 0.15) is 11.8 Å². The maximum Gasteiger partial charge on any atom is 0.254 e. The summed E-state index contributed by atoms with van der Waals surface area (Å²) in [7, 11) is 0. The minimum atomic E-state index is -0.617. The quantitative estimate of drug-likeness (QED) is 0.628. The highest BCUT2D eigenvalue weighted by Gasteiger charge is 2.37. The maximum absolute atomic E-state index is 13.0. The van der Waals surface area contributed by atoms with Gasteiger partial charge in [-0.3, -0.25) is 9.59 Å². The Morgan fingerprint density at radius 1 is 1.10 bits per heavy atom. The normalized spacial score (nSPS) is 15.3. The van der Waals surface area contributed by atoms with E-state index in [4.69, 9.17) is 4.74 Å². The highest BCUT2D eigenvalue weighted by atomic mass is 16.5. The molecular formula is C24H30N2O3. The van der Waals surface area contributed by atoms with Gasteiger partial charge in [-0.25, -0.2) is 0 Å². The van der Waals surface area contributed by atoms with Crippen LogP contribution in [-0.2, 0) is 16.1 Å². The van der Waals surface area contributed by atoms with Gasteiger partial charge in [-0.1, -0.05) is 56.0 Å². The number of benzene rings is 2. The smallest absolute Gasteiger partial charge is 0.254 e. The average molecular weight is 395 g/mol. The second-order valence-corrected chi connectivity index (χ2v) is 7.67. The van der Waals surface area contributed by atoms with Gasteiger partial charge in [0.05, 0.1) is 13.2 Å². The molecule has 1 aliphatic rings. The summed E-state index contributed by atoms with van der Waals surface area (Å²) in [5.41, 5.74) is 3.80. The van der Waals surface area contributed by atoms with Crippen molar-refractivity contribution in [2.45, 2.75) is 59.0 Å². The van der Waals surface area contributed by atoms with E-state index in [0.29, 0.717) is 6.54 Å². The lowest BCUT2D eigenvalue weighted by Crippen LogP contribution is -2.36. The van der Waals surface area contributed by atoms with Gasteiger partial charge in [0.2, 0.25) is 5.91 Å². The molecule has 2 aromatic rings. The number of hydrogen-bond donors (Lipinski definition) is 1. The molecule has 0 bridgehead atoms. The van der Waals surface area contributed by atoms with Crippen molar-refractivity contribution >= 4 is 17.5 Å². The van der Waals surface area contributed by atoms with Crippen molar-refractivity contribution in [2.24, 2.45) is 0 Å². The first kappa shape index (κ1) is 20.9. The molecule has 0 unspecified atom stereocenters. The fraction of sp³-hybridized carbons (Fsp3) is 0.417. The minimum absolute atomic E-state index is 0.1000. The molecule has 154 valence electrons. The minimum Gasteiger partial charge on any atom is -0.494 e. The molecule has 5 heteroatoms. The summed E-state index contributed by atoms with van der Waals surface area (Å²) in [6.07, 6.45) is 4.72. The van der Waals surface area contributed by atoms with Crippen LogP contribution in [0.2, 0.25) is 0 Å². The molecule has 0 radical (unpaired) electrons. The Morgan fingerprint density at radius 2 is 1.86 bits per heavy atom. The Labute approximate surface area is 173 Å². The highest BCUT2D eigenvalue weighted by molar-refractivity contribution is 6.06. The first-order valence-electron chi connectivity index (χ1n) is 10.4. The van der Waals surface area contributed by atoms with Crippen molar-refractivity contribution in [3.63, 3.8) is 0 Å². The third-order valence-electron chi connectivity index (χ3n) is 5.18. The molecule has 1 N–H and O–H groups in total. The number of carbonyl (C=O) groups is 2. The average Bonchev–Trinajstić information content (AvgIpc) is 2.94. The van der Waals surface area contributed by atoms with Crippen molar-refractivity contribution in [3.05, 3.63) is 59.2 Å². The fourth-order valence-electron chi connectivity index (χ4n) is 3.66. The number of aryl methyl sites for hydroxylation is 1. The molecule has 0 saturated heterocycles. The van der Waals surface area contributed by atoms with E-state index < -0.39 is 6.04 Å². The molecule has 29 heavy (non-hydrogen) atoms. The van der Waals surface area contributed by atoms with E-state index >= 15 is 0 Å². The van der Waals surface area contributed by atoms with Crippen LogP contribution in [0.5, 0.6) is 5.75 Å². The Balaban J connectivity index is 1.68. The lowest BCUT2D eigenvalue weighted by atomic mass is 10.1. The Hall–Kier alpha value is -2.82. The standard InChI is InChI=1S/C24H30N2O3/c1-4-5-6-7-14-29-20-11-9-19(10-12-20)16-26-22-13-8-17(2)15-21(22)23(24(26)28)25-18(3)27/h8-13,15,23H,4-7,14,16H2,1-3H3,(H,25,27)/t23-/m1/s1. The SMILES string of the molecule is CCCCCCOc1ccc(CN2C(=O)[C@H](NC(C)=O)c3cc(C)ccc32)cc1. The van der Waals surface area contributed by atoms with Crippen LogP contribution in [0.3, 0.4) is 0 Å². The monoisotopic (exact) mass is 394 g/mol. The van der Waals surface area contributed by atoms with Crippen LogP contribution in [0.15, 0.2) is 42.5 Å². The van der Waals surface area contributed by atoms with Crippen LogP contribution in [0.1, 0.15) is 62.3 Å². The highest BCUT2D eigenvalue weighted by Crippen LogP contribution is 2.37. The van der Waals surface area contributed by atoms with Gasteiger partial charge < -0.3 is 15.0 Å². The Morgan fingerprint density at radius 3 is 2.55 bits per heavy atom. The van der Waals surface area contributed by atoms with Crippen molar-refractivity contribution in [3.8, 4) is 5.75 Å². The predicted molar refractivity (Wildman–Crippen MR) is 115 cm³/mol. The molecule has 0 aliphatic carbocycles. The molecule has 2 aromatic carbocycles. The van der Waals surface area contributed by atoms with Crippen LogP contribution >= 0.6 is 0 Å². The summed E-state index contributed by atoms with van der Waals surface area (Å²) in [6.45, 7) is 6.81. The molecule has 0 aromatic heterocycles. The van der Waals surface area contributed by atoms with Gasteiger partial charge in [0, 0.05) is 18.2 Å². The van der Waals surface area contributed by atoms with E-state index in [1.54, 1.807) is 4.90 Å². The number of fused-ring (bicyclic) bond motifs is 1. The van der Waals surface area contributed by atoms with Crippen LogP contribution in [0, 0.1) is 6.92 Å². The van der Waals surface area contributed by atoms with Gasteiger partial charge >= 0.3 is 0 Å². The van der Waals surface area contributed by atoms with Crippen molar-refractivity contribution in [1.82, 2.24) is 5.32 Å². The second-order valence-electron chi connectivity index (χ2n) is 7.67. The van der Waals surface area contributed by atoms with E-state index in [0.717, 1.165) is 41.2 Å². The van der Waals surface area contributed by atoms with Crippen molar-refractivity contribution in [2.75, 3.05) is 11.5 Å². The summed E-state index contributed by atoms with van der Waals surface area (Å²) in [4.78, 5) is 26.3. The largest absolute Gasteiger partial charge is 0.494 e. The molecule has 1 atom stereocenters. The molecule has 5 nitrogen and oxygen atoms in total. The predicted octanol–water partition coefficient (Wildman–Crippen LogP) is 4.68. The molecule has 0 fully saturated rings. The van der Waals surface area contributed by atoms with E-state index in [2.05, 4.69) is 12.2 Å². The molecule has 1 heterocycles. The molecule has 2 amide bonds. The lowest BCUT2D eigenvalue weighted by molar-refractivity contribution is -0.126. The van der Waals surface area contributed by atoms with Crippen LogP contribution in [0.25, 0.3) is 0 Å². The number of rotatable bonds is 9. The Bertz CT molecular complexity index is 861. The summed E-state index contributed by atoms with van der Waals surface area (Å²) in [5, 5.41) is 2.79. The van der Waals surface area contributed by atoms with Crippen LogP contribution < -0.4 is 15.0 Å². The zero-order valence-electron chi connectivity index (χ0n) is 17.5. The van der Waals surface area contributed by atoms with E-state index in [-0.39, 0.29) is 11.8 Å². The summed E-state index contributed by atoms with van der Waals surface area (Å²) >= 11 is 0. The number of unbranched alkanes of at least 4 members (excludes halogenated alkanes) is 3. The molecule has 3 rings (SSSR count).